The maximum atomic E-state index is 13.9. The maximum Gasteiger partial charge on any atom is 0.245 e. The van der Waals surface area contributed by atoms with E-state index in [4.69, 9.17) is 33.3 Å². The van der Waals surface area contributed by atoms with Gasteiger partial charge in [0.05, 0.1) is 10.1 Å². The molecule has 1 unspecified atom stereocenters. The monoisotopic (exact) mass is 670 g/mol. The molecule has 3 aromatic carbocycles. The summed E-state index contributed by atoms with van der Waals surface area (Å²) in [6, 6.07) is 17.0. The number of rotatable bonds is 9. The van der Waals surface area contributed by atoms with E-state index in [-0.39, 0.29) is 40.5 Å². The highest BCUT2D eigenvalue weighted by Crippen LogP contribution is 2.36. The van der Waals surface area contributed by atoms with Gasteiger partial charge < -0.3 is 10.1 Å². The third-order valence-corrected chi connectivity index (χ3v) is 11.1. The number of ether oxygens (including phenoxy) is 1. The summed E-state index contributed by atoms with van der Waals surface area (Å²) < 4.78 is 35.1. The Hall–Kier alpha value is -3.15. The third kappa shape index (κ3) is 6.60. The molecule has 1 atom stereocenters. The number of para-hydroxylation sites is 1. The second kappa shape index (κ2) is 13.5. The first-order valence-electron chi connectivity index (χ1n) is 14.0. The molecule has 2 heterocycles. The molecule has 44 heavy (non-hydrogen) atoms. The van der Waals surface area contributed by atoms with Crippen molar-refractivity contribution < 1.29 is 17.9 Å². The number of sulfonamides is 1. The number of halogens is 2. The summed E-state index contributed by atoms with van der Waals surface area (Å²) >= 11 is 14.6. The number of pyridine rings is 1. The number of carbonyl (C=O) groups excluding carboxylic acids is 1. The Bertz CT molecular complexity index is 1850. The first kappa shape index (κ1) is 32.2. The maximum absolute atomic E-state index is 13.9. The van der Waals surface area contributed by atoms with Gasteiger partial charge in [-0.1, -0.05) is 59.6 Å². The predicted octanol–water partition coefficient (Wildman–Crippen LogP) is 6.90. The van der Waals surface area contributed by atoms with Crippen molar-refractivity contribution in [2.75, 3.05) is 12.8 Å². The number of carbonyl (C=O) groups is 1. The molecule has 0 bridgehead atoms. The summed E-state index contributed by atoms with van der Waals surface area (Å²) in [7, 11) is -4.14. The lowest BCUT2D eigenvalue weighted by Crippen LogP contribution is -2.45. The van der Waals surface area contributed by atoms with E-state index in [0.29, 0.717) is 34.7 Å². The fourth-order valence-electron chi connectivity index (χ4n) is 5.34. The molecule has 1 aromatic heterocycles. The Morgan fingerprint density at radius 3 is 2.61 bits per heavy atom. The van der Waals surface area contributed by atoms with E-state index < -0.39 is 16.1 Å². The summed E-state index contributed by atoms with van der Waals surface area (Å²) in [4.78, 5) is 17.7. The highest BCUT2D eigenvalue weighted by Gasteiger charge is 2.40. The second-order valence-electron chi connectivity index (χ2n) is 10.6. The van der Waals surface area contributed by atoms with Gasteiger partial charge in [0.25, 0.3) is 0 Å². The summed E-state index contributed by atoms with van der Waals surface area (Å²) in [6.45, 7) is 4.27. The number of benzene rings is 3. The van der Waals surface area contributed by atoms with Crippen molar-refractivity contribution in [2.45, 2.75) is 50.8 Å². The van der Waals surface area contributed by atoms with E-state index in [1.54, 1.807) is 6.07 Å². The molecular formula is C32H32Cl2N4O4S2. The summed E-state index contributed by atoms with van der Waals surface area (Å²) in [6.07, 6.45) is 2.77. The van der Waals surface area contributed by atoms with Crippen LogP contribution in [0.3, 0.4) is 0 Å². The van der Waals surface area contributed by atoms with E-state index in [1.165, 1.54) is 28.2 Å². The van der Waals surface area contributed by atoms with Crippen LogP contribution in [0, 0.1) is 19.3 Å². The van der Waals surface area contributed by atoms with E-state index in [0.717, 1.165) is 27.8 Å². The topological polar surface area (TPSA) is 112 Å². The van der Waals surface area contributed by atoms with Gasteiger partial charge in [0.1, 0.15) is 28.8 Å². The van der Waals surface area contributed by atoms with Crippen molar-refractivity contribution in [1.82, 2.24) is 14.6 Å². The van der Waals surface area contributed by atoms with Crippen molar-refractivity contribution in [1.29, 1.82) is 5.41 Å². The molecule has 5 rings (SSSR count). The Morgan fingerprint density at radius 2 is 1.89 bits per heavy atom. The highest BCUT2D eigenvalue weighted by molar-refractivity contribution is 8.13. The minimum Gasteiger partial charge on any atom is -0.487 e. The molecule has 1 aliphatic rings. The van der Waals surface area contributed by atoms with Crippen LogP contribution in [0.15, 0.2) is 65.6 Å². The first-order chi connectivity index (χ1) is 21.0. The molecule has 1 saturated heterocycles. The molecule has 4 aromatic rings. The van der Waals surface area contributed by atoms with E-state index in [1.807, 2.05) is 62.6 Å². The molecule has 1 fully saturated rings. The Labute approximate surface area is 271 Å². The van der Waals surface area contributed by atoms with Gasteiger partial charge in [-0.3, -0.25) is 10.2 Å². The number of nitrogens with one attached hydrogen (secondary N) is 2. The number of amides is 1. The third-order valence-electron chi connectivity index (χ3n) is 7.64. The van der Waals surface area contributed by atoms with Crippen LogP contribution in [0.1, 0.15) is 40.8 Å². The number of thioether (sulfide) groups is 1. The molecule has 0 aliphatic carbocycles. The van der Waals surface area contributed by atoms with Gasteiger partial charge in [0, 0.05) is 40.3 Å². The second-order valence-corrected chi connectivity index (χ2v) is 14.0. The number of hydrogen-bond donors (Lipinski definition) is 2. The minimum atomic E-state index is -4.14. The van der Waals surface area contributed by atoms with Crippen LogP contribution in [-0.2, 0) is 28.0 Å². The lowest BCUT2D eigenvalue weighted by Gasteiger charge is -2.24. The van der Waals surface area contributed by atoms with E-state index in [9.17, 15) is 13.2 Å². The molecule has 1 amide bonds. The average Bonchev–Trinajstić information content (AvgIpc) is 3.51. The van der Waals surface area contributed by atoms with Gasteiger partial charge in [0.2, 0.25) is 15.9 Å². The van der Waals surface area contributed by atoms with E-state index in [2.05, 4.69) is 10.3 Å². The van der Waals surface area contributed by atoms with Crippen LogP contribution >= 0.6 is 35.0 Å². The zero-order chi connectivity index (χ0) is 31.6. The molecule has 0 radical (unpaired) electrons. The van der Waals surface area contributed by atoms with Crippen LogP contribution in [0.4, 0.5) is 0 Å². The number of aromatic nitrogens is 1. The average molecular weight is 672 g/mol. The first-order valence-corrected chi connectivity index (χ1v) is 17.4. The largest absolute Gasteiger partial charge is 0.487 e. The molecule has 8 nitrogen and oxygen atoms in total. The number of aryl methyl sites for hydroxylation is 2. The van der Waals surface area contributed by atoms with Crippen LogP contribution in [0.2, 0.25) is 10.0 Å². The van der Waals surface area contributed by atoms with Crippen LogP contribution in [0.5, 0.6) is 5.75 Å². The SMILES string of the molecule is CSC(=N)c1ccc(CNC(=O)C2CCCN2S(=O)(=O)c2ccc(Cl)c(COc3cccc4c(C)cc(C)nc34)c2Cl)cc1. The molecule has 0 spiro atoms. The van der Waals surface area contributed by atoms with Crippen LogP contribution in [0.25, 0.3) is 10.9 Å². The number of nitrogens with zero attached hydrogens (tertiary/aromatic N) is 2. The van der Waals surface area contributed by atoms with Gasteiger partial charge in [-0.2, -0.15) is 4.31 Å². The quantitative estimate of drug-likeness (QED) is 0.148. The Balaban J connectivity index is 1.34. The molecule has 2 N–H and O–H groups in total. The molecular weight excluding hydrogens is 639 g/mol. The summed E-state index contributed by atoms with van der Waals surface area (Å²) in [5.74, 6) is 0.151. The molecule has 1 aliphatic heterocycles. The zero-order valence-electron chi connectivity index (χ0n) is 24.5. The van der Waals surface area contributed by atoms with Crippen molar-refractivity contribution >= 4 is 66.8 Å². The molecule has 230 valence electrons. The van der Waals surface area contributed by atoms with Crippen LogP contribution in [-0.4, -0.2) is 47.5 Å². The highest BCUT2D eigenvalue weighted by atomic mass is 35.5. The number of fused-ring (bicyclic) bond motifs is 1. The zero-order valence-corrected chi connectivity index (χ0v) is 27.6. The van der Waals surface area contributed by atoms with Gasteiger partial charge >= 0.3 is 0 Å². The lowest BCUT2D eigenvalue weighted by atomic mass is 10.1. The summed E-state index contributed by atoms with van der Waals surface area (Å²) in [5, 5.41) is 12.4. The lowest BCUT2D eigenvalue weighted by molar-refractivity contribution is -0.124. The van der Waals surface area contributed by atoms with Gasteiger partial charge in [0.15, 0.2) is 0 Å². The van der Waals surface area contributed by atoms with E-state index >= 15 is 0 Å². The number of hydrogen-bond acceptors (Lipinski definition) is 7. The van der Waals surface area contributed by atoms with Crippen LogP contribution < -0.4 is 10.1 Å². The van der Waals surface area contributed by atoms with Crippen molar-refractivity contribution in [3.8, 4) is 5.75 Å². The minimum absolute atomic E-state index is 0.0417. The van der Waals surface area contributed by atoms with Gasteiger partial charge in [-0.25, -0.2) is 13.4 Å². The Kier molecular flexibility index (Phi) is 9.86. The van der Waals surface area contributed by atoms with Crippen molar-refractivity contribution in [3.63, 3.8) is 0 Å². The standard InChI is InChI=1S/C32H32Cl2N4O4S2/c1-19-16-20(2)37-30-23(19)6-4-8-27(30)42-18-24-25(33)13-14-28(29(24)34)44(40,41)38-15-5-7-26(38)32(39)36-17-21-9-11-22(12-10-21)31(35)43-3/h4,6,8-14,16,26,35H,5,7,15,17-18H2,1-3H3,(H,36,39). The van der Waals surface area contributed by atoms with Crippen molar-refractivity contribution in [3.05, 3.63) is 98.7 Å². The van der Waals surface area contributed by atoms with Crippen molar-refractivity contribution in [2.24, 2.45) is 0 Å². The fourth-order valence-corrected chi connectivity index (χ4v) is 8.24. The smallest absolute Gasteiger partial charge is 0.245 e. The summed E-state index contributed by atoms with van der Waals surface area (Å²) in [5.41, 5.74) is 4.59. The fraction of sp³-hybridized carbons (Fsp3) is 0.281. The normalized spacial score (nSPS) is 15.4. The van der Waals surface area contributed by atoms with Gasteiger partial charge in [-0.05, 0) is 68.3 Å². The Morgan fingerprint density at radius 1 is 1.14 bits per heavy atom. The van der Waals surface area contributed by atoms with Gasteiger partial charge in [-0.15, -0.1) is 11.8 Å². The predicted molar refractivity (Wildman–Crippen MR) is 178 cm³/mol. The molecule has 0 saturated carbocycles. The molecule has 12 heteroatoms.